The molecule has 0 aliphatic heterocycles. The Balaban J connectivity index is 2.02. The smallest absolute Gasteiger partial charge is 0.251 e. The first-order valence-corrected chi connectivity index (χ1v) is 6.23. The van der Waals surface area contributed by atoms with Gasteiger partial charge in [0.2, 0.25) is 5.88 Å². The number of benzene rings is 1. The lowest BCUT2D eigenvalue weighted by Gasteiger charge is -2.07. The third kappa shape index (κ3) is 3.39. The summed E-state index contributed by atoms with van der Waals surface area (Å²) >= 11 is 5.76. The predicted molar refractivity (Wildman–Crippen MR) is 75.1 cm³/mol. The highest BCUT2D eigenvalue weighted by molar-refractivity contribution is 6.32. The SMILES string of the molecule is COc1cc(CNC(=O)c2ccc(O)c(Cl)c2)ccn1. The average Bonchev–Trinajstić information content (AvgIpc) is 2.47. The number of phenols is 1. The number of ether oxygens (including phenoxy) is 1. The quantitative estimate of drug-likeness (QED) is 0.907. The molecule has 5 nitrogen and oxygen atoms in total. The summed E-state index contributed by atoms with van der Waals surface area (Å²) in [6.07, 6.45) is 1.61. The van der Waals surface area contributed by atoms with Crippen LogP contribution >= 0.6 is 11.6 Å². The van der Waals surface area contributed by atoms with Crippen molar-refractivity contribution in [2.45, 2.75) is 6.54 Å². The molecule has 0 aliphatic rings. The molecule has 0 aliphatic carbocycles. The van der Waals surface area contributed by atoms with E-state index in [0.29, 0.717) is 18.0 Å². The highest BCUT2D eigenvalue weighted by Crippen LogP contribution is 2.23. The summed E-state index contributed by atoms with van der Waals surface area (Å²) in [6, 6.07) is 7.83. The molecule has 0 fully saturated rings. The predicted octanol–water partition coefficient (Wildman–Crippen LogP) is 2.38. The van der Waals surface area contributed by atoms with Crippen LogP contribution in [-0.4, -0.2) is 23.1 Å². The zero-order chi connectivity index (χ0) is 14.5. The van der Waals surface area contributed by atoms with Crippen molar-refractivity contribution < 1.29 is 14.6 Å². The van der Waals surface area contributed by atoms with Gasteiger partial charge in [-0.2, -0.15) is 0 Å². The number of phenolic OH excluding ortho intramolecular Hbond substituents is 1. The van der Waals surface area contributed by atoms with Gasteiger partial charge in [-0.05, 0) is 29.8 Å². The van der Waals surface area contributed by atoms with E-state index < -0.39 is 0 Å². The Morgan fingerprint density at radius 1 is 1.40 bits per heavy atom. The van der Waals surface area contributed by atoms with Crippen molar-refractivity contribution in [1.29, 1.82) is 0 Å². The van der Waals surface area contributed by atoms with Gasteiger partial charge in [0.05, 0.1) is 12.1 Å². The Morgan fingerprint density at radius 3 is 2.90 bits per heavy atom. The maximum atomic E-state index is 11.9. The maximum absolute atomic E-state index is 11.9. The van der Waals surface area contributed by atoms with Crippen LogP contribution in [0.1, 0.15) is 15.9 Å². The lowest BCUT2D eigenvalue weighted by molar-refractivity contribution is 0.0951. The van der Waals surface area contributed by atoms with E-state index in [1.807, 2.05) is 0 Å². The Bertz CT molecular complexity index is 632. The zero-order valence-electron chi connectivity index (χ0n) is 10.8. The van der Waals surface area contributed by atoms with Gasteiger partial charge in [-0.15, -0.1) is 0 Å². The molecule has 1 aromatic carbocycles. The lowest BCUT2D eigenvalue weighted by atomic mass is 10.2. The lowest BCUT2D eigenvalue weighted by Crippen LogP contribution is -2.22. The molecular weight excluding hydrogens is 280 g/mol. The third-order valence-corrected chi connectivity index (χ3v) is 2.97. The van der Waals surface area contributed by atoms with Crippen LogP contribution in [0.15, 0.2) is 36.5 Å². The number of carbonyl (C=O) groups excluding carboxylic acids is 1. The van der Waals surface area contributed by atoms with Gasteiger partial charge in [-0.3, -0.25) is 4.79 Å². The summed E-state index contributed by atoms with van der Waals surface area (Å²) < 4.78 is 5.01. The van der Waals surface area contributed by atoms with E-state index in [0.717, 1.165) is 5.56 Å². The minimum absolute atomic E-state index is 0.0536. The second-order valence-corrected chi connectivity index (χ2v) is 4.46. The number of aromatic nitrogens is 1. The van der Waals surface area contributed by atoms with Crippen LogP contribution in [0.25, 0.3) is 0 Å². The fourth-order valence-electron chi connectivity index (χ4n) is 1.60. The third-order valence-electron chi connectivity index (χ3n) is 2.67. The van der Waals surface area contributed by atoms with Crippen LogP contribution < -0.4 is 10.1 Å². The molecule has 104 valence electrons. The van der Waals surface area contributed by atoms with E-state index >= 15 is 0 Å². The number of nitrogens with one attached hydrogen (secondary N) is 1. The van der Waals surface area contributed by atoms with Crippen molar-refractivity contribution in [3.63, 3.8) is 0 Å². The Kier molecular flexibility index (Phi) is 4.42. The number of nitrogens with zero attached hydrogens (tertiary/aromatic N) is 1. The van der Waals surface area contributed by atoms with Crippen LogP contribution in [0.5, 0.6) is 11.6 Å². The molecule has 0 bridgehead atoms. The first kappa shape index (κ1) is 14.1. The summed E-state index contributed by atoms with van der Waals surface area (Å²) in [6.45, 7) is 0.343. The van der Waals surface area contributed by atoms with Gasteiger partial charge in [0, 0.05) is 24.4 Å². The second-order valence-electron chi connectivity index (χ2n) is 4.06. The minimum Gasteiger partial charge on any atom is -0.506 e. The van der Waals surface area contributed by atoms with Crippen molar-refractivity contribution in [2.24, 2.45) is 0 Å². The number of hydrogen-bond donors (Lipinski definition) is 2. The van der Waals surface area contributed by atoms with Gasteiger partial charge >= 0.3 is 0 Å². The van der Waals surface area contributed by atoms with Crippen molar-refractivity contribution in [3.05, 3.63) is 52.7 Å². The van der Waals surface area contributed by atoms with Crippen molar-refractivity contribution in [3.8, 4) is 11.6 Å². The monoisotopic (exact) mass is 292 g/mol. The summed E-state index contributed by atoms with van der Waals surface area (Å²) in [5.41, 5.74) is 1.25. The summed E-state index contributed by atoms with van der Waals surface area (Å²) in [5.74, 6) is 0.161. The molecule has 2 rings (SSSR count). The zero-order valence-corrected chi connectivity index (χ0v) is 11.5. The fourth-order valence-corrected chi connectivity index (χ4v) is 1.79. The molecule has 0 saturated heterocycles. The first-order valence-electron chi connectivity index (χ1n) is 5.86. The van der Waals surface area contributed by atoms with E-state index in [1.165, 1.54) is 25.3 Å². The standard InChI is InChI=1S/C14H13ClN2O3/c1-20-13-6-9(4-5-16-13)8-17-14(19)10-2-3-12(18)11(15)7-10/h2-7,18H,8H2,1H3,(H,17,19). The summed E-state index contributed by atoms with van der Waals surface area (Å²) in [5, 5.41) is 12.2. The molecule has 2 aromatic rings. The van der Waals surface area contributed by atoms with Crippen LogP contribution in [0, 0.1) is 0 Å². The van der Waals surface area contributed by atoms with Crippen molar-refractivity contribution >= 4 is 17.5 Å². The summed E-state index contributed by atoms with van der Waals surface area (Å²) in [7, 11) is 1.53. The van der Waals surface area contributed by atoms with Crippen LogP contribution in [-0.2, 0) is 6.54 Å². The molecule has 2 N–H and O–H groups in total. The van der Waals surface area contributed by atoms with Crippen molar-refractivity contribution in [1.82, 2.24) is 10.3 Å². The molecule has 0 atom stereocenters. The van der Waals surface area contributed by atoms with E-state index in [2.05, 4.69) is 10.3 Å². The second kappa shape index (κ2) is 6.25. The number of pyridine rings is 1. The van der Waals surface area contributed by atoms with Crippen LogP contribution in [0.2, 0.25) is 5.02 Å². The minimum atomic E-state index is -0.275. The van der Waals surface area contributed by atoms with E-state index in [1.54, 1.807) is 18.3 Å². The van der Waals surface area contributed by atoms with Crippen molar-refractivity contribution in [2.75, 3.05) is 7.11 Å². The highest BCUT2D eigenvalue weighted by Gasteiger charge is 2.08. The maximum Gasteiger partial charge on any atom is 0.251 e. The van der Waals surface area contributed by atoms with Crippen LogP contribution in [0.4, 0.5) is 0 Å². The topological polar surface area (TPSA) is 71.5 Å². The molecule has 1 aromatic heterocycles. The molecular formula is C14H13ClN2O3. The Hall–Kier alpha value is -2.27. The van der Waals surface area contributed by atoms with E-state index in [9.17, 15) is 9.90 Å². The fraction of sp³-hybridized carbons (Fsp3) is 0.143. The number of amides is 1. The van der Waals surface area contributed by atoms with Gasteiger partial charge in [0.15, 0.2) is 0 Å². The van der Waals surface area contributed by atoms with Gasteiger partial charge in [0.25, 0.3) is 5.91 Å². The Labute approximate surface area is 121 Å². The van der Waals surface area contributed by atoms with Gasteiger partial charge in [-0.1, -0.05) is 11.6 Å². The highest BCUT2D eigenvalue weighted by atomic mass is 35.5. The van der Waals surface area contributed by atoms with Gasteiger partial charge in [-0.25, -0.2) is 4.98 Å². The first-order chi connectivity index (χ1) is 9.60. The number of rotatable bonds is 4. The largest absolute Gasteiger partial charge is 0.506 e. The molecule has 20 heavy (non-hydrogen) atoms. The normalized spacial score (nSPS) is 10.1. The Morgan fingerprint density at radius 2 is 2.20 bits per heavy atom. The average molecular weight is 293 g/mol. The summed E-state index contributed by atoms with van der Waals surface area (Å²) in [4.78, 5) is 15.9. The van der Waals surface area contributed by atoms with E-state index in [4.69, 9.17) is 16.3 Å². The molecule has 0 spiro atoms. The molecule has 6 heteroatoms. The molecule has 0 radical (unpaired) electrons. The van der Waals surface area contributed by atoms with E-state index in [-0.39, 0.29) is 16.7 Å². The number of aromatic hydroxyl groups is 1. The van der Waals surface area contributed by atoms with Crippen LogP contribution in [0.3, 0.4) is 0 Å². The molecule has 0 saturated carbocycles. The molecule has 0 unspecified atom stereocenters. The van der Waals surface area contributed by atoms with Gasteiger partial charge in [0.1, 0.15) is 5.75 Å². The number of halogens is 1. The number of carbonyl (C=O) groups is 1. The molecule has 1 heterocycles. The number of hydrogen-bond acceptors (Lipinski definition) is 4. The van der Waals surface area contributed by atoms with Gasteiger partial charge < -0.3 is 15.2 Å². The number of methoxy groups -OCH3 is 1. The molecule has 1 amide bonds.